The van der Waals surface area contributed by atoms with E-state index in [9.17, 15) is 13.2 Å². The molecular formula is C11H15NO4S3. The van der Waals surface area contributed by atoms with E-state index in [2.05, 4.69) is 4.72 Å². The Morgan fingerprint density at radius 1 is 1.47 bits per heavy atom. The monoisotopic (exact) mass is 321 g/mol. The summed E-state index contributed by atoms with van der Waals surface area (Å²) in [5.74, 6) is -1.10. The average molecular weight is 321 g/mol. The van der Waals surface area contributed by atoms with E-state index in [4.69, 9.17) is 5.11 Å². The zero-order valence-electron chi connectivity index (χ0n) is 10.3. The highest BCUT2D eigenvalue weighted by molar-refractivity contribution is 7.99. The van der Waals surface area contributed by atoms with Crippen molar-refractivity contribution in [3.05, 3.63) is 17.0 Å². The van der Waals surface area contributed by atoms with Crippen molar-refractivity contribution in [1.29, 1.82) is 0 Å². The van der Waals surface area contributed by atoms with Crippen molar-refractivity contribution in [3.63, 3.8) is 0 Å². The summed E-state index contributed by atoms with van der Waals surface area (Å²) in [4.78, 5) is 10.8. The van der Waals surface area contributed by atoms with Crippen molar-refractivity contribution in [2.45, 2.75) is 34.8 Å². The fraction of sp³-hybridized carbons (Fsp3) is 0.545. The molecule has 2 unspecified atom stereocenters. The second-order valence-electron chi connectivity index (χ2n) is 4.36. The largest absolute Gasteiger partial charge is 0.477 e. The molecule has 0 saturated heterocycles. The molecule has 19 heavy (non-hydrogen) atoms. The van der Waals surface area contributed by atoms with Gasteiger partial charge in [0.2, 0.25) is 10.0 Å². The van der Waals surface area contributed by atoms with Gasteiger partial charge in [-0.2, -0.15) is 11.8 Å². The highest BCUT2D eigenvalue weighted by Crippen LogP contribution is 2.30. The van der Waals surface area contributed by atoms with Gasteiger partial charge in [0, 0.05) is 11.3 Å². The lowest BCUT2D eigenvalue weighted by Gasteiger charge is -2.18. The number of carboxylic acid groups (broad SMARTS) is 1. The van der Waals surface area contributed by atoms with E-state index in [1.807, 2.05) is 6.26 Å². The van der Waals surface area contributed by atoms with Gasteiger partial charge < -0.3 is 5.11 Å². The maximum atomic E-state index is 12.2. The van der Waals surface area contributed by atoms with Crippen LogP contribution in [0.4, 0.5) is 0 Å². The summed E-state index contributed by atoms with van der Waals surface area (Å²) in [5, 5.41) is 9.12. The van der Waals surface area contributed by atoms with Crippen molar-refractivity contribution < 1.29 is 18.3 Å². The maximum absolute atomic E-state index is 12.2. The third kappa shape index (κ3) is 3.31. The lowest BCUT2D eigenvalue weighted by Crippen LogP contribution is -2.38. The minimum absolute atomic E-state index is 0.0354. The molecule has 1 aliphatic rings. The number of hydrogen-bond donors (Lipinski definition) is 2. The van der Waals surface area contributed by atoms with Crippen LogP contribution in [0.3, 0.4) is 0 Å². The number of nitrogens with one attached hydrogen (secondary N) is 1. The topological polar surface area (TPSA) is 83.5 Å². The number of carboxylic acids is 1. The summed E-state index contributed by atoms with van der Waals surface area (Å²) < 4.78 is 27.1. The molecule has 0 aliphatic heterocycles. The quantitative estimate of drug-likeness (QED) is 0.867. The molecule has 1 heterocycles. The van der Waals surface area contributed by atoms with Crippen LogP contribution in [0.1, 0.15) is 28.9 Å². The zero-order valence-corrected chi connectivity index (χ0v) is 12.8. The normalized spacial score (nSPS) is 23.6. The number of hydrogen-bond acceptors (Lipinski definition) is 5. The number of sulfonamides is 1. The van der Waals surface area contributed by atoms with Crippen LogP contribution in [0.15, 0.2) is 16.3 Å². The second-order valence-corrected chi connectivity index (χ2v) is 8.46. The molecule has 1 aromatic rings. The molecule has 0 radical (unpaired) electrons. The Kier molecular flexibility index (Phi) is 4.54. The van der Waals surface area contributed by atoms with Gasteiger partial charge in [-0.05, 0) is 31.2 Å². The highest BCUT2D eigenvalue weighted by atomic mass is 32.2. The molecule has 0 amide bonds. The summed E-state index contributed by atoms with van der Waals surface area (Å²) in [6, 6.07) is 2.61. The molecule has 1 fully saturated rings. The summed E-state index contributed by atoms with van der Waals surface area (Å²) in [6.45, 7) is 0. The Balaban J connectivity index is 2.15. The SMILES string of the molecule is CSC1CCCC1NS(=O)(=O)c1ccc(C(=O)O)s1. The third-order valence-electron chi connectivity index (χ3n) is 3.12. The molecule has 1 aromatic heterocycles. The summed E-state index contributed by atoms with van der Waals surface area (Å²) in [7, 11) is -3.61. The van der Waals surface area contributed by atoms with Crippen molar-refractivity contribution >= 4 is 39.1 Å². The molecule has 106 valence electrons. The predicted molar refractivity (Wildman–Crippen MR) is 76.5 cm³/mol. The van der Waals surface area contributed by atoms with E-state index in [-0.39, 0.29) is 15.1 Å². The number of carbonyl (C=O) groups is 1. The summed E-state index contributed by atoms with van der Waals surface area (Å²) in [5.41, 5.74) is 0. The molecular weight excluding hydrogens is 306 g/mol. The number of rotatable bonds is 5. The molecule has 8 heteroatoms. The van der Waals surface area contributed by atoms with Crippen molar-refractivity contribution in [3.8, 4) is 0 Å². The Hall–Kier alpha value is -0.570. The molecule has 0 aromatic carbocycles. The van der Waals surface area contributed by atoms with Crippen LogP contribution in [0, 0.1) is 0 Å². The Morgan fingerprint density at radius 3 is 2.79 bits per heavy atom. The Labute approximate surface area is 120 Å². The van der Waals surface area contributed by atoms with Crippen molar-refractivity contribution in [1.82, 2.24) is 4.72 Å². The van der Waals surface area contributed by atoms with Gasteiger partial charge in [0.15, 0.2) is 0 Å². The third-order valence-corrected chi connectivity index (χ3v) is 7.34. The standard InChI is InChI=1S/C11H15NO4S3/c1-17-8-4-2-3-7(8)12-19(15,16)10-6-5-9(18-10)11(13)14/h5-8,12H,2-4H2,1H3,(H,13,14). The van der Waals surface area contributed by atoms with E-state index in [0.717, 1.165) is 30.6 Å². The van der Waals surface area contributed by atoms with E-state index >= 15 is 0 Å². The van der Waals surface area contributed by atoms with E-state index < -0.39 is 16.0 Å². The first-order valence-electron chi connectivity index (χ1n) is 5.82. The molecule has 0 bridgehead atoms. The van der Waals surface area contributed by atoms with Crippen molar-refractivity contribution in [2.24, 2.45) is 0 Å². The number of thiophene rings is 1. The van der Waals surface area contributed by atoms with Gasteiger partial charge in [0.25, 0.3) is 0 Å². The van der Waals surface area contributed by atoms with E-state index in [0.29, 0.717) is 5.25 Å². The molecule has 2 N–H and O–H groups in total. The van der Waals surface area contributed by atoms with Crippen LogP contribution < -0.4 is 4.72 Å². The lowest BCUT2D eigenvalue weighted by molar-refractivity contribution is 0.0702. The van der Waals surface area contributed by atoms with Crippen molar-refractivity contribution in [2.75, 3.05) is 6.26 Å². The molecule has 0 spiro atoms. The first-order valence-corrected chi connectivity index (χ1v) is 9.41. The second kappa shape index (κ2) is 5.82. The molecule has 2 atom stereocenters. The fourth-order valence-corrected chi connectivity index (χ4v) is 5.67. The van der Waals surface area contributed by atoms with Gasteiger partial charge in [-0.25, -0.2) is 17.9 Å². The van der Waals surface area contributed by atoms with Crippen LogP contribution in [-0.4, -0.2) is 37.0 Å². The van der Waals surface area contributed by atoms with Gasteiger partial charge in [0.1, 0.15) is 9.09 Å². The van der Waals surface area contributed by atoms with Gasteiger partial charge in [0.05, 0.1) is 0 Å². The van der Waals surface area contributed by atoms with Gasteiger partial charge >= 0.3 is 5.97 Å². The number of thioether (sulfide) groups is 1. The Bertz CT molecular complexity index is 566. The minimum atomic E-state index is -3.61. The molecule has 5 nitrogen and oxygen atoms in total. The lowest BCUT2D eigenvalue weighted by atomic mass is 10.3. The fourth-order valence-electron chi connectivity index (χ4n) is 2.18. The number of aromatic carboxylic acids is 1. The van der Waals surface area contributed by atoms with Crippen LogP contribution >= 0.6 is 23.1 Å². The predicted octanol–water partition coefficient (Wildman–Crippen LogP) is 2.01. The Morgan fingerprint density at radius 2 is 2.21 bits per heavy atom. The zero-order chi connectivity index (χ0) is 14.0. The van der Waals surface area contributed by atoms with Crippen LogP contribution in [-0.2, 0) is 10.0 Å². The van der Waals surface area contributed by atoms with Gasteiger partial charge in [-0.15, -0.1) is 11.3 Å². The van der Waals surface area contributed by atoms with Gasteiger partial charge in [-0.3, -0.25) is 0 Å². The molecule has 2 rings (SSSR count). The first-order chi connectivity index (χ1) is 8.94. The minimum Gasteiger partial charge on any atom is -0.477 e. The smallest absolute Gasteiger partial charge is 0.345 e. The molecule has 1 saturated carbocycles. The van der Waals surface area contributed by atoms with Crippen LogP contribution in [0.5, 0.6) is 0 Å². The highest BCUT2D eigenvalue weighted by Gasteiger charge is 2.31. The summed E-state index contributed by atoms with van der Waals surface area (Å²) in [6.07, 6.45) is 4.84. The summed E-state index contributed by atoms with van der Waals surface area (Å²) >= 11 is 2.45. The molecule has 1 aliphatic carbocycles. The van der Waals surface area contributed by atoms with Crippen LogP contribution in [0.25, 0.3) is 0 Å². The van der Waals surface area contributed by atoms with Crippen LogP contribution in [0.2, 0.25) is 0 Å². The maximum Gasteiger partial charge on any atom is 0.345 e. The first kappa shape index (κ1) is 14.8. The van der Waals surface area contributed by atoms with E-state index in [1.54, 1.807) is 11.8 Å². The van der Waals surface area contributed by atoms with Gasteiger partial charge in [-0.1, -0.05) is 6.42 Å². The van der Waals surface area contributed by atoms with E-state index in [1.165, 1.54) is 12.1 Å². The average Bonchev–Trinajstić information content (AvgIpc) is 2.95.